The van der Waals surface area contributed by atoms with E-state index in [0.717, 1.165) is 31.0 Å². The minimum absolute atomic E-state index is 0.193. The Bertz CT molecular complexity index is 378. The van der Waals surface area contributed by atoms with Crippen molar-refractivity contribution in [2.24, 2.45) is 5.92 Å². The van der Waals surface area contributed by atoms with Crippen LogP contribution in [0.25, 0.3) is 0 Å². The molecule has 1 saturated carbocycles. The molecule has 1 aliphatic carbocycles. The molecule has 1 aromatic rings. The second-order valence-electron chi connectivity index (χ2n) is 5.06. The fourth-order valence-corrected chi connectivity index (χ4v) is 2.04. The first kappa shape index (κ1) is 12.2. The van der Waals surface area contributed by atoms with Crippen LogP contribution in [0.1, 0.15) is 42.1 Å². The summed E-state index contributed by atoms with van der Waals surface area (Å²) < 4.78 is 0. The van der Waals surface area contributed by atoms with Crippen LogP contribution in [0.2, 0.25) is 0 Å². The zero-order valence-electron chi connectivity index (χ0n) is 10.8. The van der Waals surface area contributed by atoms with Crippen LogP contribution in [0, 0.1) is 12.8 Å². The first-order valence-electron chi connectivity index (χ1n) is 6.56. The van der Waals surface area contributed by atoms with Crippen molar-refractivity contribution in [3.8, 4) is 0 Å². The van der Waals surface area contributed by atoms with Gasteiger partial charge in [-0.25, -0.2) is 0 Å². The number of carbonyl (C=O) groups excluding carboxylic acids is 1. The van der Waals surface area contributed by atoms with Gasteiger partial charge in [-0.05, 0) is 44.2 Å². The molecular formula is C15H21NO. The molecule has 0 aliphatic heterocycles. The average molecular weight is 231 g/mol. The minimum Gasteiger partial charge on any atom is -0.338 e. The van der Waals surface area contributed by atoms with Gasteiger partial charge in [0.05, 0.1) is 0 Å². The Kier molecular flexibility index (Phi) is 3.82. The molecular weight excluding hydrogens is 210 g/mol. The largest absolute Gasteiger partial charge is 0.338 e. The van der Waals surface area contributed by atoms with Crippen LogP contribution in [0.15, 0.2) is 24.3 Å². The summed E-state index contributed by atoms with van der Waals surface area (Å²) in [6.45, 7) is 5.99. The minimum atomic E-state index is 0.193. The Labute approximate surface area is 104 Å². The van der Waals surface area contributed by atoms with Gasteiger partial charge in [0.25, 0.3) is 5.91 Å². The molecule has 2 nitrogen and oxygen atoms in total. The van der Waals surface area contributed by atoms with E-state index in [1.165, 1.54) is 18.4 Å². The van der Waals surface area contributed by atoms with E-state index in [4.69, 9.17) is 0 Å². The van der Waals surface area contributed by atoms with Crippen molar-refractivity contribution in [3.05, 3.63) is 35.4 Å². The van der Waals surface area contributed by atoms with Crippen LogP contribution < -0.4 is 0 Å². The highest BCUT2D eigenvalue weighted by Gasteiger charge is 2.26. The van der Waals surface area contributed by atoms with Crippen LogP contribution >= 0.6 is 0 Å². The summed E-state index contributed by atoms with van der Waals surface area (Å²) in [6.07, 6.45) is 3.62. The lowest BCUT2D eigenvalue weighted by Gasteiger charge is -2.22. The third-order valence-electron chi connectivity index (χ3n) is 3.25. The van der Waals surface area contributed by atoms with Crippen LogP contribution in [0.4, 0.5) is 0 Å². The summed E-state index contributed by atoms with van der Waals surface area (Å²) in [5, 5.41) is 0. The fraction of sp³-hybridized carbons (Fsp3) is 0.533. The zero-order valence-corrected chi connectivity index (χ0v) is 10.8. The molecule has 0 aromatic heterocycles. The van der Waals surface area contributed by atoms with E-state index in [0.29, 0.717) is 0 Å². The summed E-state index contributed by atoms with van der Waals surface area (Å²) in [4.78, 5) is 14.4. The van der Waals surface area contributed by atoms with Gasteiger partial charge in [-0.2, -0.15) is 0 Å². The van der Waals surface area contributed by atoms with Gasteiger partial charge in [0.1, 0.15) is 0 Å². The fourth-order valence-electron chi connectivity index (χ4n) is 2.04. The van der Waals surface area contributed by atoms with Crippen molar-refractivity contribution in [1.82, 2.24) is 4.90 Å². The normalized spacial score (nSPS) is 14.7. The predicted molar refractivity (Wildman–Crippen MR) is 70.1 cm³/mol. The quantitative estimate of drug-likeness (QED) is 0.761. The average Bonchev–Trinajstić information content (AvgIpc) is 3.13. The molecule has 0 radical (unpaired) electrons. The van der Waals surface area contributed by atoms with Gasteiger partial charge in [-0.15, -0.1) is 0 Å². The summed E-state index contributed by atoms with van der Waals surface area (Å²) in [6, 6.07) is 7.89. The number of hydrogen-bond donors (Lipinski definition) is 0. The summed E-state index contributed by atoms with van der Waals surface area (Å²) in [5.41, 5.74) is 2.02. The highest BCUT2D eigenvalue weighted by molar-refractivity contribution is 5.94. The second kappa shape index (κ2) is 5.35. The monoisotopic (exact) mass is 231 g/mol. The van der Waals surface area contributed by atoms with Gasteiger partial charge in [0, 0.05) is 18.7 Å². The molecule has 1 fully saturated rings. The first-order valence-corrected chi connectivity index (χ1v) is 6.56. The molecule has 0 heterocycles. The van der Waals surface area contributed by atoms with Crippen molar-refractivity contribution in [2.45, 2.75) is 33.1 Å². The predicted octanol–water partition coefficient (Wildman–Crippen LogP) is 3.26. The lowest BCUT2D eigenvalue weighted by molar-refractivity contribution is 0.0747. The third-order valence-corrected chi connectivity index (χ3v) is 3.25. The van der Waals surface area contributed by atoms with E-state index in [1.54, 1.807) is 0 Å². The molecule has 1 aromatic carbocycles. The standard InChI is InChI=1S/C15H21NO/c1-3-10-16(11-13-6-7-13)15(17)14-8-4-12(2)5-9-14/h4-5,8-9,13H,3,6-7,10-11H2,1-2H3. The van der Waals surface area contributed by atoms with Gasteiger partial charge < -0.3 is 4.90 Å². The molecule has 92 valence electrons. The molecule has 0 atom stereocenters. The van der Waals surface area contributed by atoms with Crippen LogP contribution in [0.3, 0.4) is 0 Å². The molecule has 2 heteroatoms. The second-order valence-corrected chi connectivity index (χ2v) is 5.06. The Balaban J connectivity index is 2.05. The molecule has 2 rings (SSSR count). The maximum atomic E-state index is 12.3. The van der Waals surface area contributed by atoms with Gasteiger partial charge in [0.15, 0.2) is 0 Å². The number of benzene rings is 1. The summed E-state index contributed by atoms with van der Waals surface area (Å²) in [5.74, 6) is 0.953. The van der Waals surface area contributed by atoms with Crippen molar-refractivity contribution >= 4 is 5.91 Å². The van der Waals surface area contributed by atoms with Crippen molar-refractivity contribution < 1.29 is 4.79 Å². The number of hydrogen-bond acceptors (Lipinski definition) is 1. The number of amides is 1. The van der Waals surface area contributed by atoms with Crippen molar-refractivity contribution in [3.63, 3.8) is 0 Å². The van der Waals surface area contributed by atoms with Gasteiger partial charge in [-0.1, -0.05) is 24.6 Å². The third kappa shape index (κ3) is 3.32. The summed E-state index contributed by atoms with van der Waals surface area (Å²) >= 11 is 0. The van der Waals surface area contributed by atoms with E-state index in [1.807, 2.05) is 36.1 Å². The van der Waals surface area contributed by atoms with Gasteiger partial charge in [0.2, 0.25) is 0 Å². The van der Waals surface area contributed by atoms with E-state index < -0.39 is 0 Å². The molecule has 0 saturated heterocycles. The Morgan fingerprint density at radius 2 is 1.94 bits per heavy atom. The topological polar surface area (TPSA) is 20.3 Å². The van der Waals surface area contributed by atoms with E-state index in [-0.39, 0.29) is 5.91 Å². The SMILES string of the molecule is CCCN(CC1CC1)C(=O)c1ccc(C)cc1. The van der Waals surface area contributed by atoms with Crippen molar-refractivity contribution in [2.75, 3.05) is 13.1 Å². The first-order chi connectivity index (χ1) is 8.20. The van der Waals surface area contributed by atoms with E-state index in [2.05, 4.69) is 6.92 Å². The molecule has 1 aliphatic rings. The lowest BCUT2D eigenvalue weighted by Crippen LogP contribution is -2.33. The Hall–Kier alpha value is -1.31. The smallest absolute Gasteiger partial charge is 0.253 e. The van der Waals surface area contributed by atoms with Crippen LogP contribution in [0.5, 0.6) is 0 Å². The number of nitrogens with zero attached hydrogens (tertiary/aromatic N) is 1. The van der Waals surface area contributed by atoms with E-state index >= 15 is 0 Å². The number of rotatable bonds is 5. The van der Waals surface area contributed by atoms with Crippen LogP contribution in [-0.4, -0.2) is 23.9 Å². The van der Waals surface area contributed by atoms with Gasteiger partial charge >= 0.3 is 0 Å². The lowest BCUT2D eigenvalue weighted by atomic mass is 10.1. The molecule has 0 unspecified atom stereocenters. The Morgan fingerprint density at radius 1 is 1.29 bits per heavy atom. The number of carbonyl (C=O) groups is 1. The Morgan fingerprint density at radius 3 is 2.47 bits per heavy atom. The molecule has 17 heavy (non-hydrogen) atoms. The molecule has 0 spiro atoms. The molecule has 0 bridgehead atoms. The number of aryl methyl sites for hydroxylation is 1. The highest BCUT2D eigenvalue weighted by Crippen LogP contribution is 2.30. The molecule has 1 amide bonds. The highest BCUT2D eigenvalue weighted by atomic mass is 16.2. The van der Waals surface area contributed by atoms with E-state index in [9.17, 15) is 4.79 Å². The van der Waals surface area contributed by atoms with Crippen molar-refractivity contribution in [1.29, 1.82) is 0 Å². The maximum Gasteiger partial charge on any atom is 0.253 e. The van der Waals surface area contributed by atoms with Crippen LogP contribution in [-0.2, 0) is 0 Å². The summed E-state index contributed by atoms with van der Waals surface area (Å²) in [7, 11) is 0. The molecule has 0 N–H and O–H groups in total. The maximum absolute atomic E-state index is 12.3. The zero-order chi connectivity index (χ0) is 12.3. The van der Waals surface area contributed by atoms with Gasteiger partial charge in [-0.3, -0.25) is 4.79 Å².